The molecule has 0 bridgehead atoms. The minimum atomic E-state index is -0.479. The summed E-state index contributed by atoms with van der Waals surface area (Å²) < 4.78 is 0. The Bertz CT molecular complexity index is 252. The molecule has 14 heavy (non-hydrogen) atoms. The Morgan fingerprint density at radius 3 is 2.43 bits per heavy atom. The third kappa shape index (κ3) is 1.42. The van der Waals surface area contributed by atoms with Gasteiger partial charge in [-0.3, -0.25) is 0 Å². The molecule has 0 aromatic heterocycles. The summed E-state index contributed by atoms with van der Waals surface area (Å²) in [6.07, 6.45) is 10.5. The molecule has 0 radical (unpaired) electrons. The largest absolute Gasteiger partial charge is 0.385 e. The average molecular weight is 194 g/mol. The van der Waals surface area contributed by atoms with E-state index in [-0.39, 0.29) is 5.41 Å². The lowest BCUT2D eigenvalue weighted by Gasteiger charge is -2.40. The van der Waals surface area contributed by atoms with Crippen molar-refractivity contribution in [3.8, 4) is 0 Å². The van der Waals surface area contributed by atoms with Gasteiger partial charge in [-0.2, -0.15) is 0 Å². The molecule has 0 amide bonds. The van der Waals surface area contributed by atoms with E-state index < -0.39 is 5.60 Å². The van der Waals surface area contributed by atoms with Crippen molar-refractivity contribution in [3.63, 3.8) is 0 Å². The minimum absolute atomic E-state index is 0.0934. The quantitative estimate of drug-likeness (QED) is 0.634. The molecule has 1 atom stereocenters. The van der Waals surface area contributed by atoms with Crippen LogP contribution in [-0.4, -0.2) is 10.7 Å². The van der Waals surface area contributed by atoms with Crippen molar-refractivity contribution < 1.29 is 5.11 Å². The van der Waals surface area contributed by atoms with E-state index in [0.717, 1.165) is 12.8 Å². The van der Waals surface area contributed by atoms with E-state index in [0.29, 0.717) is 0 Å². The topological polar surface area (TPSA) is 20.2 Å². The molecule has 1 heteroatoms. The fraction of sp³-hybridized carbons (Fsp3) is 0.846. The second-order valence-corrected chi connectivity index (χ2v) is 5.57. The molecule has 0 aliphatic heterocycles. The summed E-state index contributed by atoms with van der Waals surface area (Å²) in [7, 11) is 0. The van der Waals surface area contributed by atoms with Crippen molar-refractivity contribution in [1.82, 2.24) is 0 Å². The van der Waals surface area contributed by atoms with Crippen molar-refractivity contribution in [2.75, 3.05) is 0 Å². The number of allylic oxidation sites excluding steroid dienone is 1. The van der Waals surface area contributed by atoms with Gasteiger partial charge in [-0.05, 0) is 55.9 Å². The van der Waals surface area contributed by atoms with Gasteiger partial charge in [0.15, 0.2) is 0 Å². The van der Waals surface area contributed by atoms with Crippen LogP contribution in [0.5, 0.6) is 0 Å². The Morgan fingerprint density at radius 2 is 1.93 bits per heavy atom. The summed E-state index contributed by atoms with van der Waals surface area (Å²) in [6.45, 7) is 4.44. The van der Waals surface area contributed by atoms with Crippen LogP contribution in [0.4, 0.5) is 0 Å². The molecule has 0 saturated heterocycles. The maximum absolute atomic E-state index is 10.8. The lowest BCUT2D eigenvalue weighted by Crippen LogP contribution is -2.42. The first-order valence-electron chi connectivity index (χ1n) is 5.98. The van der Waals surface area contributed by atoms with Crippen LogP contribution >= 0.6 is 0 Å². The Labute approximate surface area is 87.2 Å². The highest BCUT2D eigenvalue weighted by Crippen LogP contribution is 2.51. The molecule has 1 nitrogen and oxygen atoms in total. The Morgan fingerprint density at radius 1 is 1.14 bits per heavy atom. The van der Waals surface area contributed by atoms with Gasteiger partial charge < -0.3 is 5.11 Å². The van der Waals surface area contributed by atoms with Crippen molar-refractivity contribution in [2.45, 2.75) is 64.4 Å². The normalized spacial score (nSPS) is 36.9. The lowest BCUT2D eigenvalue weighted by molar-refractivity contribution is -0.0124. The smallest absolute Gasteiger partial charge is 0.0907 e. The molecule has 0 spiro atoms. The molecule has 1 saturated carbocycles. The summed E-state index contributed by atoms with van der Waals surface area (Å²) >= 11 is 0. The van der Waals surface area contributed by atoms with Gasteiger partial charge in [-0.25, -0.2) is 0 Å². The molecule has 0 aromatic carbocycles. The molecular weight excluding hydrogens is 172 g/mol. The molecule has 2 aliphatic carbocycles. The van der Waals surface area contributed by atoms with E-state index in [1.54, 1.807) is 0 Å². The molecule has 2 aliphatic rings. The van der Waals surface area contributed by atoms with E-state index >= 15 is 0 Å². The van der Waals surface area contributed by atoms with Gasteiger partial charge in [0, 0.05) is 0 Å². The fourth-order valence-corrected chi connectivity index (χ4v) is 3.14. The standard InChI is InChI=1S/C13H22O/c1-12(2)9-6-10-13(12,14)11-7-4-3-5-8-11/h7,14H,3-6,8-10H2,1-2H3. The molecule has 1 fully saturated rings. The van der Waals surface area contributed by atoms with Crippen LogP contribution in [0.25, 0.3) is 0 Å². The molecule has 0 aromatic rings. The van der Waals surface area contributed by atoms with E-state index in [1.165, 1.54) is 37.7 Å². The fourth-order valence-electron chi connectivity index (χ4n) is 3.14. The van der Waals surface area contributed by atoms with Crippen molar-refractivity contribution >= 4 is 0 Å². The molecule has 1 unspecified atom stereocenters. The van der Waals surface area contributed by atoms with Crippen molar-refractivity contribution in [2.24, 2.45) is 5.41 Å². The van der Waals surface area contributed by atoms with Gasteiger partial charge in [-0.1, -0.05) is 19.9 Å². The predicted octanol–water partition coefficient (Wildman–Crippen LogP) is 3.43. The third-order valence-corrected chi connectivity index (χ3v) is 4.28. The van der Waals surface area contributed by atoms with E-state index in [4.69, 9.17) is 0 Å². The second-order valence-electron chi connectivity index (χ2n) is 5.57. The van der Waals surface area contributed by atoms with Crippen LogP contribution in [-0.2, 0) is 0 Å². The summed E-state index contributed by atoms with van der Waals surface area (Å²) in [6, 6.07) is 0. The molecule has 2 rings (SSSR count). The average Bonchev–Trinajstić information content (AvgIpc) is 2.44. The maximum Gasteiger partial charge on any atom is 0.0907 e. The monoisotopic (exact) mass is 194 g/mol. The molecular formula is C13H22O. The van der Waals surface area contributed by atoms with Crippen LogP contribution in [0.1, 0.15) is 58.8 Å². The van der Waals surface area contributed by atoms with E-state index in [9.17, 15) is 5.11 Å². The Balaban J connectivity index is 2.26. The van der Waals surface area contributed by atoms with Crippen molar-refractivity contribution in [3.05, 3.63) is 11.6 Å². The number of hydrogen-bond donors (Lipinski definition) is 1. The molecule has 0 heterocycles. The number of aliphatic hydroxyl groups is 1. The van der Waals surface area contributed by atoms with Gasteiger partial charge in [-0.15, -0.1) is 0 Å². The van der Waals surface area contributed by atoms with Gasteiger partial charge >= 0.3 is 0 Å². The van der Waals surface area contributed by atoms with Crippen LogP contribution in [0, 0.1) is 5.41 Å². The summed E-state index contributed by atoms with van der Waals surface area (Å²) in [5.74, 6) is 0. The summed E-state index contributed by atoms with van der Waals surface area (Å²) in [5, 5.41) is 10.8. The minimum Gasteiger partial charge on any atom is -0.385 e. The van der Waals surface area contributed by atoms with Gasteiger partial charge in [0.25, 0.3) is 0 Å². The van der Waals surface area contributed by atoms with Crippen LogP contribution in [0.3, 0.4) is 0 Å². The molecule has 80 valence electrons. The second kappa shape index (κ2) is 3.37. The zero-order chi connectivity index (χ0) is 10.2. The third-order valence-electron chi connectivity index (χ3n) is 4.28. The first kappa shape index (κ1) is 10.2. The highest BCUT2D eigenvalue weighted by atomic mass is 16.3. The molecule has 1 N–H and O–H groups in total. The Kier molecular flexibility index (Phi) is 2.46. The van der Waals surface area contributed by atoms with Gasteiger partial charge in [0.2, 0.25) is 0 Å². The van der Waals surface area contributed by atoms with E-state index in [1.807, 2.05) is 0 Å². The van der Waals surface area contributed by atoms with Crippen molar-refractivity contribution in [1.29, 1.82) is 0 Å². The zero-order valence-electron chi connectivity index (χ0n) is 9.47. The highest BCUT2D eigenvalue weighted by Gasteiger charge is 2.49. The maximum atomic E-state index is 10.8. The Hall–Kier alpha value is -0.300. The zero-order valence-corrected chi connectivity index (χ0v) is 9.47. The van der Waals surface area contributed by atoms with Gasteiger partial charge in [0.1, 0.15) is 0 Å². The van der Waals surface area contributed by atoms with E-state index in [2.05, 4.69) is 19.9 Å². The summed E-state index contributed by atoms with van der Waals surface area (Å²) in [4.78, 5) is 0. The predicted molar refractivity (Wildman–Crippen MR) is 59.1 cm³/mol. The van der Waals surface area contributed by atoms with Crippen LogP contribution in [0.15, 0.2) is 11.6 Å². The first-order chi connectivity index (χ1) is 6.56. The number of rotatable bonds is 1. The van der Waals surface area contributed by atoms with Crippen LogP contribution < -0.4 is 0 Å². The first-order valence-corrected chi connectivity index (χ1v) is 5.98. The highest BCUT2D eigenvalue weighted by molar-refractivity contribution is 5.24. The van der Waals surface area contributed by atoms with Gasteiger partial charge in [0.05, 0.1) is 5.60 Å². The number of hydrogen-bond acceptors (Lipinski definition) is 1. The lowest BCUT2D eigenvalue weighted by atomic mass is 9.70. The summed E-state index contributed by atoms with van der Waals surface area (Å²) in [5.41, 5.74) is 0.954. The SMILES string of the molecule is CC1(C)CCCC1(O)C1=CCCCC1. The van der Waals surface area contributed by atoms with Crippen LogP contribution in [0.2, 0.25) is 0 Å².